The first-order valence-corrected chi connectivity index (χ1v) is 10.1. The molecule has 6 heteroatoms. The van der Waals surface area contributed by atoms with E-state index in [0.717, 1.165) is 51.9 Å². The molecule has 2 aromatic rings. The van der Waals surface area contributed by atoms with Gasteiger partial charge in [-0.1, -0.05) is 18.2 Å². The lowest BCUT2D eigenvalue weighted by atomic mass is 9.98. The highest BCUT2D eigenvalue weighted by Gasteiger charge is 2.30. The van der Waals surface area contributed by atoms with Crippen LogP contribution in [0.25, 0.3) is 0 Å². The van der Waals surface area contributed by atoms with E-state index in [9.17, 15) is 9.18 Å². The molecule has 1 aromatic carbocycles. The largest absolute Gasteiger partial charge is 0.487 e. The summed E-state index contributed by atoms with van der Waals surface area (Å²) in [5.41, 5.74) is 0.520. The Balaban J connectivity index is 1.24. The number of ether oxygens (including phenoxy) is 1. The van der Waals surface area contributed by atoms with Crippen LogP contribution in [0.1, 0.15) is 36.2 Å². The van der Waals surface area contributed by atoms with E-state index < -0.39 is 0 Å². The number of halogens is 1. The van der Waals surface area contributed by atoms with Crippen molar-refractivity contribution < 1.29 is 13.9 Å². The van der Waals surface area contributed by atoms with Gasteiger partial charge in [-0.3, -0.25) is 14.7 Å². The zero-order valence-corrected chi connectivity index (χ0v) is 16.0. The molecule has 2 fully saturated rings. The number of hydrogen-bond donors (Lipinski definition) is 0. The highest BCUT2D eigenvalue weighted by molar-refractivity contribution is 5.92. The number of aromatic nitrogens is 1. The van der Waals surface area contributed by atoms with Crippen LogP contribution in [-0.4, -0.2) is 59.0 Å². The number of nitrogens with zero attached hydrogens (tertiary/aromatic N) is 3. The van der Waals surface area contributed by atoms with Gasteiger partial charge in [0.05, 0.1) is 0 Å². The van der Waals surface area contributed by atoms with Crippen molar-refractivity contribution >= 4 is 5.91 Å². The van der Waals surface area contributed by atoms with Gasteiger partial charge < -0.3 is 9.64 Å². The summed E-state index contributed by atoms with van der Waals surface area (Å²) in [4.78, 5) is 21.1. The van der Waals surface area contributed by atoms with Crippen molar-refractivity contribution in [2.24, 2.45) is 0 Å². The quantitative estimate of drug-likeness (QED) is 0.812. The molecule has 0 N–H and O–H groups in total. The average Bonchev–Trinajstić information content (AvgIpc) is 2.76. The number of pyridine rings is 1. The minimum atomic E-state index is -0.296. The first kappa shape index (κ1) is 18.9. The lowest BCUT2D eigenvalue weighted by Gasteiger charge is -2.41. The van der Waals surface area contributed by atoms with Crippen molar-refractivity contribution in [1.29, 1.82) is 0 Å². The summed E-state index contributed by atoms with van der Waals surface area (Å²) >= 11 is 0. The van der Waals surface area contributed by atoms with Crippen LogP contribution in [0.5, 0.6) is 5.75 Å². The minimum Gasteiger partial charge on any atom is -0.487 e. The van der Waals surface area contributed by atoms with Crippen LogP contribution in [0.2, 0.25) is 0 Å². The Bertz CT molecular complexity index is 785. The van der Waals surface area contributed by atoms with Gasteiger partial charge in [0.25, 0.3) is 5.91 Å². The molecule has 0 atom stereocenters. The molecule has 0 unspecified atom stereocenters. The van der Waals surface area contributed by atoms with Gasteiger partial charge in [-0.2, -0.15) is 0 Å². The van der Waals surface area contributed by atoms with Crippen molar-refractivity contribution in [2.75, 3.05) is 26.2 Å². The van der Waals surface area contributed by atoms with Gasteiger partial charge in [0.1, 0.15) is 11.8 Å². The number of piperidine rings is 2. The van der Waals surface area contributed by atoms with Crippen LogP contribution < -0.4 is 4.74 Å². The second-order valence-electron chi connectivity index (χ2n) is 7.52. The van der Waals surface area contributed by atoms with E-state index in [4.69, 9.17) is 4.74 Å². The third-order valence-electron chi connectivity index (χ3n) is 5.76. The Hall–Kier alpha value is -2.47. The first-order chi connectivity index (χ1) is 13.7. The molecule has 3 heterocycles. The summed E-state index contributed by atoms with van der Waals surface area (Å²) in [6.07, 6.45) is 5.50. The summed E-state index contributed by atoms with van der Waals surface area (Å²) in [6, 6.07) is 12.5. The predicted molar refractivity (Wildman–Crippen MR) is 105 cm³/mol. The fourth-order valence-corrected chi connectivity index (χ4v) is 4.16. The minimum absolute atomic E-state index is 0.0241. The molecule has 2 aliphatic heterocycles. The molecule has 148 valence electrons. The van der Waals surface area contributed by atoms with E-state index in [2.05, 4.69) is 9.88 Å². The predicted octanol–water partition coefficient (Wildman–Crippen LogP) is 3.37. The topological polar surface area (TPSA) is 45.7 Å². The van der Waals surface area contributed by atoms with Crippen LogP contribution in [-0.2, 0) is 0 Å². The molecule has 28 heavy (non-hydrogen) atoms. The Morgan fingerprint density at radius 1 is 0.964 bits per heavy atom. The van der Waals surface area contributed by atoms with Gasteiger partial charge in [-0.25, -0.2) is 4.39 Å². The lowest BCUT2D eigenvalue weighted by molar-refractivity contribution is 0.0414. The number of carbonyl (C=O) groups excluding carboxylic acids is 1. The third kappa shape index (κ3) is 4.33. The highest BCUT2D eigenvalue weighted by Crippen LogP contribution is 2.25. The van der Waals surface area contributed by atoms with Gasteiger partial charge in [0.15, 0.2) is 11.6 Å². The number of carbonyl (C=O) groups is 1. The van der Waals surface area contributed by atoms with Crippen molar-refractivity contribution in [3.05, 3.63) is 60.2 Å². The number of para-hydroxylation sites is 1. The second kappa shape index (κ2) is 8.69. The standard InChI is InChI=1S/C22H26FN3O2/c23-19-5-1-2-7-21(19)28-18-10-15-25(16-11-18)17-8-13-26(14-9-17)22(27)20-6-3-4-12-24-20/h1-7,12,17-18H,8-11,13-16H2. The molecule has 0 bridgehead atoms. The van der Waals surface area contributed by atoms with E-state index >= 15 is 0 Å². The Morgan fingerprint density at radius 3 is 2.36 bits per heavy atom. The van der Waals surface area contributed by atoms with Gasteiger partial charge >= 0.3 is 0 Å². The Morgan fingerprint density at radius 2 is 1.68 bits per heavy atom. The molecule has 0 spiro atoms. The number of likely N-dealkylation sites (tertiary alicyclic amines) is 2. The molecule has 1 aromatic heterocycles. The number of benzene rings is 1. The summed E-state index contributed by atoms with van der Waals surface area (Å²) in [6.45, 7) is 3.45. The fourth-order valence-electron chi connectivity index (χ4n) is 4.16. The first-order valence-electron chi connectivity index (χ1n) is 10.1. The molecular weight excluding hydrogens is 357 g/mol. The number of rotatable bonds is 4. The molecule has 0 aliphatic carbocycles. The van der Waals surface area contributed by atoms with E-state index in [1.807, 2.05) is 17.0 Å². The smallest absolute Gasteiger partial charge is 0.272 e. The average molecular weight is 383 g/mol. The molecule has 4 rings (SSSR count). The van der Waals surface area contributed by atoms with Crippen LogP contribution in [0.3, 0.4) is 0 Å². The van der Waals surface area contributed by atoms with Crippen molar-refractivity contribution in [1.82, 2.24) is 14.8 Å². The maximum atomic E-state index is 13.8. The van der Waals surface area contributed by atoms with Gasteiger partial charge in [-0.15, -0.1) is 0 Å². The SMILES string of the molecule is O=C(c1ccccn1)N1CCC(N2CCC(Oc3ccccc3F)CC2)CC1. The molecular formula is C22H26FN3O2. The number of amides is 1. The zero-order chi connectivity index (χ0) is 19.3. The van der Waals surface area contributed by atoms with Crippen molar-refractivity contribution in [3.8, 4) is 5.75 Å². The summed E-state index contributed by atoms with van der Waals surface area (Å²) in [7, 11) is 0. The molecule has 1 amide bonds. The highest BCUT2D eigenvalue weighted by atomic mass is 19.1. The van der Waals surface area contributed by atoms with Gasteiger partial charge in [-0.05, 0) is 49.9 Å². The molecule has 2 saturated heterocycles. The van der Waals surface area contributed by atoms with Gasteiger partial charge in [0, 0.05) is 38.4 Å². The van der Waals surface area contributed by atoms with E-state index in [1.54, 1.807) is 30.5 Å². The lowest BCUT2D eigenvalue weighted by Crippen LogP contribution is -2.50. The van der Waals surface area contributed by atoms with Crippen molar-refractivity contribution in [2.45, 2.75) is 37.8 Å². The molecule has 0 radical (unpaired) electrons. The monoisotopic (exact) mass is 383 g/mol. The van der Waals surface area contributed by atoms with E-state index in [1.165, 1.54) is 6.07 Å². The Kier molecular flexibility index (Phi) is 5.86. The maximum Gasteiger partial charge on any atom is 0.272 e. The summed E-state index contributed by atoms with van der Waals surface area (Å²) in [5.74, 6) is 0.0770. The zero-order valence-electron chi connectivity index (χ0n) is 16.0. The van der Waals surface area contributed by atoms with Crippen LogP contribution in [0.15, 0.2) is 48.7 Å². The van der Waals surface area contributed by atoms with Crippen LogP contribution >= 0.6 is 0 Å². The summed E-state index contributed by atoms with van der Waals surface area (Å²) in [5, 5.41) is 0. The number of hydrogen-bond acceptors (Lipinski definition) is 4. The van der Waals surface area contributed by atoms with Crippen molar-refractivity contribution in [3.63, 3.8) is 0 Å². The normalized spacial score (nSPS) is 19.5. The molecule has 5 nitrogen and oxygen atoms in total. The van der Waals surface area contributed by atoms with Crippen LogP contribution in [0, 0.1) is 5.82 Å². The van der Waals surface area contributed by atoms with E-state index in [-0.39, 0.29) is 17.8 Å². The summed E-state index contributed by atoms with van der Waals surface area (Å²) < 4.78 is 19.6. The maximum absolute atomic E-state index is 13.8. The second-order valence-corrected chi connectivity index (χ2v) is 7.52. The van der Waals surface area contributed by atoms with Crippen LogP contribution in [0.4, 0.5) is 4.39 Å². The molecule has 0 saturated carbocycles. The fraction of sp³-hybridized carbons (Fsp3) is 0.455. The third-order valence-corrected chi connectivity index (χ3v) is 5.76. The van der Waals surface area contributed by atoms with E-state index in [0.29, 0.717) is 17.5 Å². The van der Waals surface area contributed by atoms with Gasteiger partial charge in [0.2, 0.25) is 0 Å². The Labute approximate surface area is 165 Å². The molecule has 2 aliphatic rings.